The fourth-order valence-corrected chi connectivity index (χ4v) is 5.59. The summed E-state index contributed by atoms with van der Waals surface area (Å²) in [4.78, 5) is 14.2. The minimum Gasteiger partial charge on any atom is -0.493 e. The maximum atomic E-state index is 13.0. The van der Waals surface area contributed by atoms with Gasteiger partial charge in [0.05, 0.1) is 18.0 Å². The molecule has 1 aliphatic carbocycles. The number of hydrogen-bond acceptors (Lipinski definition) is 5. The number of carbonyl (C=O) groups is 1. The number of nitrogens with one attached hydrogen (secondary N) is 1. The summed E-state index contributed by atoms with van der Waals surface area (Å²) < 4.78 is 11.7. The molecule has 1 aliphatic heterocycles. The third kappa shape index (κ3) is 4.13. The molecule has 32 heavy (non-hydrogen) atoms. The van der Waals surface area contributed by atoms with Crippen LogP contribution in [0.4, 0.5) is 5.69 Å². The van der Waals surface area contributed by atoms with E-state index in [1.165, 1.54) is 0 Å². The molecule has 0 bridgehead atoms. The number of para-hydroxylation sites is 1. The minimum absolute atomic E-state index is 0.0916. The van der Waals surface area contributed by atoms with E-state index in [-0.39, 0.29) is 11.0 Å². The highest BCUT2D eigenvalue weighted by Gasteiger charge is 2.33. The number of carbonyl (C=O) groups excluding carboxylic acids is 1. The predicted octanol–water partition coefficient (Wildman–Crippen LogP) is 6.54. The summed E-state index contributed by atoms with van der Waals surface area (Å²) in [6, 6.07) is 24.3. The molecule has 1 unspecified atom stereocenters. The number of thioether (sulfide) groups is 1. The molecule has 5 heteroatoms. The lowest BCUT2D eigenvalue weighted by atomic mass is 9.89. The molecular formula is C27H25NO3S. The lowest BCUT2D eigenvalue weighted by Crippen LogP contribution is -2.19. The van der Waals surface area contributed by atoms with Crippen molar-refractivity contribution in [1.29, 1.82) is 0 Å². The van der Waals surface area contributed by atoms with Gasteiger partial charge in [-0.15, -0.1) is 11.8 Å². The number of hydrogen-bond donors (Lipinski definition) is 1. The largest absolute Gasteiger partial charge is 0.493 e. The average Bonchev–Trinajstić information content (AvgIpc) is 3.01. The van der Waals surface area contributed by atoms with E-state index in [0.717, 1.165) is 45.8 Å². The van der Waals surface area contributed by atoms with Crippen LogP contribution in [0.2, 0.25) is 0 Å². The summed E-state index contributed by atoms with van der Waals surface area (Å²) in [7, 11) is 1.65. The van der Waals surface area contributed by atoms with Crippen molar-refractivity contribution in [2.75, 3.05) is 12.4 Å². The fourth-order valence-electron chi connectivity index (χ4n) is 4.26. The molecule has 0 saturated heterocycles. The number of Topliss-reactive ketones (excluding diaryl/α,β-unsaturated/α-hetero) is 1. The van der Waals surface area contributed by atoms with E-state index >= 15 is 0 Å². The first-order valence-electron chi connectivity index (χ1n) is 10.9. The number of anilines is 1. The van der Waals surface area contributed by atoms with Gasteiger partial charge in [0.15, 0.2) is 17.3 Å². The van der Waals surface area contributed by atoms with Crippen molar-refractivity contribution in [2.24, 2.45) is 0 Å². The van der Waals surface area contributed by atoms with Gasteiger partial charge in [0.1, 0.15) is 6.61 Å². The first-order valence-corrected chi connectivity index (χ1v) is 11.7. The quantitative estimate of drug-likeness (QED) is 0.485. The highest BCUT2D eigenvalue weighted by Crippen LogP contribution is 2.50. The van der Waals surface area contributed by atoms with E-state index in [9.17, 15) is 4.79 Å². The minimum atomic E-state index is -0.0916. The van der Waals surface area contributed by atoms with Crippen LogP contribution in [0.15, 0.2) is 89.0 Å². The number of ether oxygens (including phenoxy) is 2. The van der Waals surface area contributed by atoms with Gasteiger partial charge in [-0.2, -0.15) is 0 Å². The Balaban J connectivity index is 1.50. The second kappa shape index (κ2) is 9.13. The van der Waals surface area contributed by atoms with Gasteiger partial charge in [0.25, 0.3) is 0 Å². The second-order valence-electron chi connectivity index (χ2n) is 7.97. The lowest BCUT2D eigenvalue weighted by molar-refractivity contribution is -0.116. The molecule has 0 spiro atoms. The summed E-state index contributed by atoms with van der Waals surface area (Å²) in [6.07, 6.45) is 2.38. The van der Waals surface area contributed by atoms with Gasteiger partial charge in [-0.3, -0.25) is 4.79 Å². The van der Waals surface area contributed by atoms with Crippen LogP contribution < -0.4 is 14.8 Å². The van der Waals surface area contributed by atoms with E-state index in [2.05, 4.69) is 23.5 Å². The summed E-state index contributed by atoms with van der Waals surface area (Å²) in [5, 5.41) is 3.46. The van der Waals surface area contributed by atoms with E-state index in [1.54, 1.807) is 18.9 Å². The smallest absolute Gasteiger partial charge is 0.162 e. The molecular weight excluding hydrogens is 418 g/mol. The van der Waals surface area contributed by atoms with Crippen LogP contribution in [0.3, 0.4) is 0 Å². The van der Waals surface area contributed by atoms with Crippen LogP contribution in [-0.4, -0.2) is 12.9 Å². The first-order chi connectivity index (χ1) is 15.7. The lowest BCUT2D eigenvalue weighted by Gasteiger charge is -2.24. The Labute approximate surface area is 192 Å². The van der Waals surface area contributed by atoms with Crippen molar-refractivity contribution in [3.05, 3.63) is 95.2 Å². The molecule has 3 aromatic rings. The zero-order valence-electron chi connectivity index (χ0n) is 18.0. The number of ketones is 1. The number of benzene rings is 3. The Morgan fingerprint density at radius 1 is 0.969 bits per heavy atom. The molecule has 0 fully saturated rings. The SMILES string of the molecule is COc1cc(C2Sc3ccccc3NC3=C2C(=O)CCC3)ccc1OCc1ccccc1. The van der Waals surface area contributed by atoms with Crippen LogP contribution >= 0.6 is 11.8 Å². The van der Waals surface area contributed by atoms with Gasteiger partial charge in [0.2, 0.25) is 0 Å². The van der Waals surface area contributed by atoms with Gasteiger partial charge in [-0.05, 0) is 48.2 Å². The van der Waals surface area contributed by atoms with Crippen LogP contribution in [-0.2, 0) is 11.4 Å². The molecule has 5 rings (SSSR count). The standard InChI is InChI=1S/C27H25NO3S/c1-30-24-16-19(14-15-23(24)31-17-18-8-3-2-4-9-18)27-26-21(11-7-12-22(26)29)28-20-10-5-6-13-25(20)32-27/h2-6,8-10,13-16,27-28H,7,11-12,17H2,1H3. The van der Waals surface area contributed by atoms with Crippen molar-refractivity contribution < 1.29 is 14.3 Å². The zero-order chi connectivity index (χ0) is 21.9. The highest BCUT2D eigenvalue weighted by molar-refractivity contribution is 8.00. The molecule has 1 heterocycles. The number of allylic oxidation sites excluding steroid dienone is 1. The molecule has 4 nitrogen and oxygen atoms in total. The molecule has 1 N–H and O–H groups in total. The third-order valence-corrected chi connectivity index (χ3v) is 7.22. The molecule has 1 atom stereocenters. The molecule has 0 amide bonds. The predicted molar refractivity (Wildman–Crippen MR) is 128 cm³/mol. The van der Waals surface area contributed by atoms with Gasteiger partial charge in [-0.25, -0.2) is 0 Å². The van der Waals surface area contributed by atoms with Crippen molar-refractivity contribution in [3.63, 3.8) is 0 Å². The molecule has 162 valence electrons. The number of methoxy groups -OCH3 is 1. The van der Waals surface area contributed by atoms with Gasteiger partial charge < -0.3 is 14.8 Å². The Hall–Kier alpha value is -3.18. The summed E-state index contributed by atoms with van der Waals surface area (Å²) >= 11 is 1.72. The Morgan fingerprint density at radius 3 is 2.62 bits per heavy atom. The third-order valence-electron chi connectivity index (χ3n) is 5.86. The van der Waals surface area contributed by atoms with E-state index in [4.69, 9.17) is 9.47 Å². The van der Waals surface area contributed by atoms with Crippen molar-refractivity contribution >= 4 is 23.2 Å². The maximum absolute atomic E-state index is 13.0. The van der Waals surface area contributed by atoms with Crippen LogP contribution in [0.1, 0.15) is 35.6 Å². The van der Waals surface area contributed by atoms with Crippen LogP contribution in [0.5, 0.6) is 11.5 Å². The Bertz CT molecular complexity index is 1170. The van der Waals surface area contributed by atoms with Crippen molar-refractivity contribution in [1.82, 2.24) is 0 Å². The molecule has 0 saturated carbocycles. The molecule has 2 aliphatic rings. The van der Waals surface area contributed by atoms with Crippen molar-refractivity contribution in [3.8, 4) is 11.5 Å². The number of rotatable bonds is 5. The number of fused-ring (bicyclic) bond motifs is 1. The van der Waals surface area contributed by atoms with Crippen LogP contribution in [0.25, 0.3) is 0 Å². The fraction of sp³-hybridized carbons (Fsp3) is 0.222. The second-order valence-corrected chi connectivity index (χ2v) is 9.12. The first kappa shape index (κ1) is 20.7. The molecule has 0 radical (unpaired) electrons. The Morgan fingerprint density at radius 2 is 1.78 bits per heavy atom. The van der Waals surface area contributed by atoms with Crippen LogP contribution in [0, 0.1) is 0 Å². The summed E-state index contributed by atoms with van der Waals surface area (Å²) in [6.45, 7) is 0.472. The van der Waals surface area contributed by atoms with Gasteiger partial charge in [0, 0.05) is 22.6 Å². The normalized spacial score (nSPS) is 17.7. The zero-order valence-corrected chi connectivity index (χ0v) is 18.8. The topological polar surface area (TPSA) is 47.6 Å². The maximum Gasteiger partial charge on any atom is 0.162 e. The monoisotopic (exact) mass is 443 g/mol. The van der Waals surface area contributed by atoms with E-state index < -0.39 is 0 Å². The average molecular weight is 444 g/mol. The molecule has 3 aromatic carbocycles. The summed E-state index contributed by atoms with van der Waals surface area (Å²) in [5.41, 5.74) is 5.14. The Kier molecular flexibility index (Phi) is 5.91. The van der Waals surface area contributed by atoms with Crippen molar-refractivity contribution in [2.45, 2.75) is 36.0 Å². The van der Waals surface area contributed by atoms with E-state index in [0.29, 0.717) is 24.5 Å². The van der Waals surface area contributed by atoms with Gasteiger partial charge >= 0.3 is 0 Å². The molecule has 0 aromatic heterocycles. The summed E-state index contributed by atoms with van der Waals surface area (Å²) in [5.74, 6) is 1.60. The highest BCUT2D eigenvalue weighted by atomic mass is 32.2. The van der Waals surface area contributed by atoms with Gasteiger partial charge in [-0.1, -0.05) is 48.5 Å². The van der Waals surface area contributed by atoms with E-state index in [1.807, 2.05) is 54.6 Å².